The Morgan fingerprint density at radius 1 is 1.07 bits per heavy atom. The molecule has 1 saturated heterocycles. The summed E-state index contributed by atoms with van der Waals surface area (Å²) >= 11 is 0. The standard InChI is InChI=1S/C20H28N4O3/c21-19(26)14-6-5-11-24(12-14)13-18(25)23-17-10-4-3-9-16(17)20(27)22-15-7-1-2-8-15/h3-4,9-10,14-15H,1-2,5-8,11-13H2,(H2,21,26)(H,22,27)(H,23,25)/p+1/t14-/m1/s1. The molecule has 3 amide bonds. The van der Waals surface area contributed by atoms with Crippen LogP contribution in [0.3, 0.4) is 0 Å². The molecular formula is C20H29N4O3+. The summed E-state index contributed by atoms with van der Waals surface area (Å²) in [6.45, 7) is 1.70. The summed E-state index contributed by atoms with van der Waals surface area (Å²) in [7, 11) is 0. The average Bonchev–Trinajstić information content (AvgIpc) is 3.15. The zero-order chi connectivity index (χ0) is 19.2. The summed E-state index contributed by atoms with van der Waals surface area (Å²) in [5, 5.41) is 5.93. The first-order valence-electron chi connectivity index (χ1n) is 9.85. The van der Waals surface area contributed by atoms with E-state index >= 15 is 0 Å². The maximum Gasteiger partial charge on any atom is 0.279 e. The number of hydrogen-bond acceptors (Lipinski definition) is 3. The summed E-state index contributed by atoms with van der Waals surface area (Å²) < 4.78 is 0. The smallest absolute Gasteiger partial charge is 0.279 e. The molecule has 7 heteroatoms. The summed E-state index contributed by atoms with van der Waals surface area (Å²) in [4.78, 5) is 37.5. The molecule has 2 aliphatic rings. The van der Waals surface area contributed by atoms with Crippen LogP contribution in [0.2, 0.25) is 0 Å². The maximum atomic E-state index is 12.6. The molecule has 1 saturated carbocycles. The Kier molecular flexibility index (Phi) is 6.45. The third-order valence-corrected chi connectivity index (χ3v) is 5.57. The summed E-state index contributed by atoms with van der Waals surface area (Å²) in [6, 6.07) is 7.31. The monoisotopic (exact) mass is 373 g/mol. The van der Waals surface area contributed by atoms with Crippen molar-refractivity contribution in [3.8, 4) is 0 Å². The van der Waals surface area contributed by atoms with E-state index < -0.39 is 0 Å². The van der Waals surface area contributed by atoms with E-state index in [1.54, 1.807) is 24.3 Å². The topological polar surface area (TPSA) is 106 Å². The maximum absolute atomic E-state index is 12.6. The number of carbonyl (C=O) groups excluding carboxylic acids is 3. The molecule has 2 fully saturated rings. The van der Waals surface area contributed by atoms with Crippen LogP contribution >= 0.6 is 0 Å². The van der Waals surface area contributed by atoms with Crippen molar-refractivity contribution in [2.24, 2.45) is 11.7 Å². The van der Waals surface area contributed by atoms with Crippen LogP contribution in [0.5, 0.6) is 0 Å². The van der Waals surface area contributed by atoms with Crippen LogP contribution < -0.4 is 21.3 Å². The second kappa shape index (κ2) is 8.99. The number of nitrogens with two attached hydrogens (primary N) is 1. The van der Waals surface area contributed by atoms with Crippen molar-refractivity contribution in [3.05, 3.63) is 29.8 Å². The Hall–Kier alpha value is -2.41. The first-order chi connectivity index (χ1) is 13.0. The van der Waals surface area contributed by atoms with E-state index in [1.807, 2.05) is 0 Å². The minimum atomic E-state index is -0.290. The van der Waals surface area contributed by atoms with E-state index in [4.69, 9.17) is 5.73 Å². The molecule has 0 radical (unpaired) electrons. The van der Waals surface area contributed by atoms with E-state index in [-0.39, 0.29) is 36.2 Å². The minimum Gasteiger partial charge on any atom is -0.369 e. The van der Waals surface area contributed by atoms with Crippen molar-refractivity contribution in [2.75, 3.05) is 25.0 Å². The van der Waals surface area contributed by atoms with Crippen LogP contribution in [-0.2, 0) is 9.59 Å². The van der Waals surface area contributed by atoms with Crippen molar-refractivity contribution in [3.63, 3.8) is 0 Å². The van der Waals surface area contributed by atoms with E-state index in [2.05, 4.69) is 10.6 Å². The van der Waals surface area contributed by atoms with Gasteiger partial charge in [-0.15, -0.1) is 0 Å². The van der Waals surface area contributed by atoms with Crippen molar-refractivity contribution in [1.29, 1.82) is 0 Å². The average molecular weight is 373 g/mol. The number of carbonyl (C=O) groups is 3. The van der Waals surface area contributed by atoms with Crippen molar-refractivity contribution >= 4 is 23.4 Å². The highest BCUT2D eigenvalue weighted by Crippen LogP contribution is 2.20. The first-order valence-corrected chi connectivity index (χ1v) is 9.85. The number of anilines is 1. The molecule has 0 spiro atoms. The number of hydrogen-bond donors (Lipinski definition) is 4. The second-order valence-corrected chi connectivity index (χ2v) is 7.67. The van der Waals surface area contributed by atoms with Gasteiger partial charge in [-0.2, -0.15) is 0 Å². The number of piperidine rings is 1. The van der Waals surface area contributed by atoms with Gasteiger partial charge in [-0.05, 0) is 37.8 Å². The predicted molar refractivity (Wildman–Crippen MR) is 102 cm³/mol. The predicted octanol–water partition coefficient (Wildman–Crippen LogP) is 0.0777. The third kappa shape index (κ3) is 5.29. The molecule has 2 atom stereocenters. The molecule has 146 valence electrons. The number of para-hydroxylation sites is 1. The fraction of sp³-hybridized carbons (Fsp3) is 0.550. The summed E-state index contributed by atoms with van der Waals surface area (Å²) in [6.07, 6.45) is 6.00. The highest BCUT2D eigenvalue weighted by atomic mass is 16.2. The van der Waals surface area contributed by atoms with Crippen LogP contribution in [0.4, 0.5) is 5.69 Å². The number of benzene rings is 1. The lowest BCUT2D eigenvalue weighted by molar-refractivity contribution is -0.899. The molecule has 7 nitrogen and oxygen atoms in total. The van der Waals surface area contributed by atoms with E-state index in [0.29, 0.717) is 17.8 Å². The van der Waals surface area contributed by atoms with Gasteiger partial charge in [-0.1, -0.05) is 25.0 Å². The molecule has 0 aromatic heterocycles. The van der Waals surface area contributed by atoms with Gasteiger partial charge >= 0.3 is 0 Å². The Morgan fingerprint density at radius 2 is 1.81 bits per heavy atom. The number of likely N-dealkylation sites (tertiary alicyclic amines) is 1. The normalized spacial score (nSPS) is 23.0. The molecule has 1 aliphatic heterocycles. The Labute approximate surface area is 159 Å². The number of amides is 3. The lowest BCUT2D eigenvalue weighted by Gasteiger charge is -2.27. The summed E-state index contributed by atoms with van der Waals surface area (Å²) in [5.41, 5.74) is 6.42. The molecular weight excluding hydrogens is 344 g/mol. The van der Waals surface area contributed by atoms with E-state index in [0.717, 1.165) is 50.0 Å². The molecule has 1 aromatic carbocycles. The number of nitrogens with one attached hydrogen (secondary N) is 3. The van der Waals surface area contributed by atoms with Crippen LogP contribution in [0.15, 0.2) is 24.3 Å². The van der Waals surface area contributed by atoms with Crippen LogP contribution in [-0.4, -0.2) is 43.4 Å². The van der Waals surface area contributed by atoms with E-state index in [9.17, 15) is 14.4 Å². The third-order valence-electron chi connectivity index (χ3n) is 5.57. The van der Waals surface area contributed by atoms with Crippen LogP contribution in [0, 0.1) is 5.92 Å². The van der Waals surface area contributed by atoms with Gasteiger partial charge in [-0.3, -0.25) is 14.4 Å². The van der Waals surface area contributed by atoms with Gasteiger partial charge in [0.1, 0.15) is 0 Å². The Bertz CT molecular complexity index is 700. The van der Waals surface area contributed by atoms with Gasteiger partial charge in [-0.25, -0.2) is 0 Å². The fourth-order valence-corrected chi connectivity index (χ4v) is 4.10. The molecule has 1 unspecified atom stereocenters. The SMILES string of the molecule is NC(=O)[C@@H]1CCC[NH+](CC(=O)Nc2ccccc2C(=O)NC2CCCC2)C1. The van der Waals surface area contributed by atoms with Gasteiger partial charge in [0, 0.05) is 6.04 Å². The zero-order valence-corrected chi connectivity index (χ0v) is 15.6. The van der Waals surface area contributed by atoms with Gasteiger partial charge in [0.2, 0.25) is 5.91 Å². The second-order valence-electron chi connectivity index (χ2n) is 7.67. The molecule has 3 rings (SSSR count). The Balaban J connectivity index is 1.59. The zero-order valence-electron chi connectivity index (χ0n) is 15.6. The molecule has 0 bridgehead atoms. The highest BCUT2D eigenvalue weighted by molar-refractivity contribution is 6.04. The molecule has 1 aliphatic carbocycles. The quantitative estimate of drug-likeness (QED) is 0.567. The number of primary amides is 1. The van der Waals surface area contributed by atoms with Gasteiger partial charge in [0.25, 0.3) is 11.8 Å². The van der Waals surface area contributed by atoms with Gasteiger partial charge in [0.05, 0.1) is 30.3 Å². The van der Waals surface area contributed by atoms with Crippen molar-refractivity contribution in [2.45, 2.75) is 44.6 Å². The van der Waals surface area contributed by atoms with Crippen LogP contribution in [0.25, 0.3) is 0 Å². The van der Waals surface area contributed by atoms with E-state index in [1.165, 1.54) is 0 Å². The fourth-order valence-electron chi connectivity index (χ4n) is 4.10. The van der Waals surface area contributed by atoms with Gasteiger partial charge < -0.3 is 21.3 Å². The minimum absolute atomic E-state index is 0.142. The van der Waals surface area contributed by atoms with Crippen LogP contribution in [0.1, 0.15) is 48.9 Å². The molecule has 1 heterocycles. The number of quaternary nitrogens is 1. The lowest BCUT2D eigenvalue weighted by atomic mass is 9.97. The molecule has 1 aromatic rings. The summed E-state index contributed by atoms with van der Waals surface area (Å²) in [5.74, 6) is -0.749. The Morgan fingerprint density at radius 3 is 2.56 bits per heavy atom. The van der Waals surface area contributed by atoms with Crippen molar-refractivity contribution < 1.29 is 19.3 Å². The lowest BCUT2D eigenvalue weighted by Crippen LogP contribution is -3.14. The number of rotatable bonds is 6. The molecule has 5 N–H and O–H groups in total. The van der Waals surface area contributed by atoms with Gasteiger partial charge in [0.15, 0.2) is 6.54 Å². The van der Waals surface area contributed by atoms with Crippen molar-refractivity contribution in [1.82, 2.24) is 5.32 Å². The molecule has 27 heavy (non-hydrogen) atoms. The largest absolute Gasteiger partial charge is 0.369 e. The first kappa shape index (κ1) is 19.4. The highest BCUT2D eigenvalue weighted by Gasteiger charge is 2.28.